The van der Waals surface area contributed by atoms with Gasteiger partial charge in [0.05, 0.1) is 12.2 Å². The molecule has 126 valence electrons. The number of aromatic nitrogens is 1. The third kappa shape index (κ3) is 6.87. The first-order valence-electron chi connectivity index (χ1n) is 7.66. The van der Waals surface area contributed by atoms with E-state index in [2.05, 4.69) is 51.3 Å². The molecule has 0 aliphatic heterocycles. The first kappa shape index (κ1) is 19.9. The van der Waals surface area contributed by atoms with E-state index in [1.807, 2.05) is 25.1 Å². The van der Waals surface area contributed by atoms with Crippen LogP contribution in [0, 0.1) is 6.92 Å². The van der Waals surface area contributed by atoms with E-state index < -0.39 is 0 Å². The molecule has 1 atom stereocenters. The van der Waals surface area contributed by atoms with Gasteiger partial charge in [-0.1, -0.05) is 13.0 Å². The van der Waals surface area contributed by atoms with Crippen LogP contribution < -0.4 is 10.6 Å². The summed E-state index contributed by atoms with van der Waals surface area (Å²) in [4.78, 5) is 9.09. The van der Waals surface area contributed by atoms with Crippen LogP contribution in [-0.2, 0) is 6.54 Å². The fourth-order valence-electron chi connectivity index (χ4n) is 2.11. The minimum Gasteiger partial charge on any atom is -0.357 e. The van der Waals surface area contributed by atoms with Crippen LogP contribution in [0.5, 0.6) is 0 Å². The second-order valence-corrected chi connectivity index (χ2v) is 6.08. The van der Waals surface area contributed by atoms with Gasteiger partial charge in [0.2, 0.25) is 0 Å². The number of aliphatic imine (C=N–C) groups is 1. The van der Waals surface area contributed by atoms with E-state index in [-0.39, 0.29) is 24.0 Å². The second kappa shape index (κ2) is 10.6. The van der Waals surface area contributed by atoms with Gasteiger partial charge < -0.3 is 10.6 Å². The first-order valence-corrected chi connectivity index (χ1v) is 8.60. The maximum Gasteiger partial charge on any atom is 0.191 e. The number of thiophene rings is 1. The van der Waals surface area contributed by atoms with Crippen molar-refractivity contribution in [3.63, 3.8) is 0 Å². The summed E-state index contributed by atoms with van der Waals surface area (Å²) in [6.45, 7) is 8.60. The topological polar surface area (TPSA) is 49.3 Å². The molecule has 2 N–H and O–H groups in total. The van der Waals surface area contributed by atoms with Crippen molar-refractivity contribution in [1.29, 1.82) is 0 Å². The van der Waals surface area contributed by atoms with Crippen molar-refractivity contribution in [2.24, 2.45) is 4.99 Å². The van der Waals surface area contributed by atoms with E-state index in [0.717, 1.165) is 30.4 Å². The Labute approximate surface area is 159 Å². The van der Waals surface area contributed by atoms with Crippen molar-refractivity contribution in [2.75, 3.05) is 13.1 Å². The van der Waals surface area contributed by atoms with Gasteiger partial charge in [-0.25, -0.2) is 4.99 Å². The van der Waals surface area contributed by atoms with Crippen molar-refractivity contribution in [3.8, 4) is 0 Å². The summed E-state index contributed by atoms with van der Waals surface area (Å²) in [5, 5.41) is 11.0. The van der Waals surface area contributed by atoms with E-state index in [0.29, 0.717) is 12.5 Å². The quantitative estimate of drug-likeness (QED) is 0.403. The van der Waals surface area contributed by atoms with Crippen LogP contribution in [0.25, 0.3) is 0 Å². The smallest absolute Gasteiger partial charge is 0.191 e. The molecule has 2 heterocycles. The summed E-state index contributed by atoms with van der Waals surface area (Å²) < 4.78 is 0. The third-order valence-corrected chi connectivity index (χ3v) is 4.08. The number of rotatable bonds is 6. The van der Waals surface area contributed by atoms with Crippen molar-refractivity contribution in [2.45, 2.75) is 33.2 Å². The van der Waals surface area contributed by atoms with E-state index >= 15 is 0 Å². The van der Waals surface area contributed by atoms with Crippen LogP contribution in [0.2, 0.25) is 0 Å². The molecule has 0 bridgehead atoms. The van der Waals surface area contributed by atoms with Gasteiger partial charge in [-0.05, 0) is 54.3 Å². The van der Waals surface area contributed by atoms with Gasteiger partial charge >= 0.3 is 0 Å². The molecule has 0 saturated carbocycles. The number of aryl methyl sites for hydroxylation is 1. The maximum atomic E-state index is 4.61. The Morgan fingerprint density at radius 2 is 2.13 bits per heavy atom. The minimum absolute atomic E-state index is 0. The van der Waals surface area contributed by atoms with Gasteiger partial charge in [-0.2, -0.15) is 11.3 Å². The monoisotopic (exact) mass is 444 g/mol. The van der Waals surface area contributed by atoms with Crippen LogP contribution in [0.15, 0.2) is 40.0 Å². The highest BCUT2D eigenvalue weighted by Gasteiger charge is 2.07. The predicted octanol–water partition coefficient (Wildman–Crippen LogP) is 3.93. The largest absolute Gasteiger partial charge is 0.357 e. The van der Waals surface area contributed by atoms with Gasteiger partial charge in [0, 0.05) is 18.8 Å². The average molecular weight is 444 g/mol. The molecule has 0 spiro atoms. The van der Waals surface area contributed by atoms with Crippen LogP contribution in [0.4, 0.5) is 0 Å². The Hall–Kier alpha value is -1.15. The molecule has 0 radical (unpaired) electrons. The molecule has 0 saturated heterocycles. The highest BCUT2D eigenvalue weighted by Crippen LogP contribution is 2.16. The van der Waals surface area contributed by atoms with Crippen molar-refractivity contribution in [3.05, 3.63) is 52.0 Å². The molecule has 0 fully saturated rings. The first-order chi connectivity index (χ1) is 10.7. The highest BCUT2D eigenvalue weighted by atomic mass is 127. The molecule has 23 heavy (non-hydrogen) atoms. The summed E-state index contributed by atoms with van der Waals surface area (Å²) in [5.74, 6) is 1.31. The van der Waals surface area contributed by atoms with E-state index in [1.54, 1.807) is 11.3 Å². The lowest BCUT2D eigenvalue weighted by Crippen LogP contribution is -2.39. The molecule has 0 amide bonds. The molecular formula is C17H25IN4S. The van der Waals surface area contributed by atoms with Crippen LogP contribution in [0.3, 0.4) is 0 Å². The normalized spacial score (nSPS) is 12.4. The number of pyridine rings is 1. The zero-order valence-electron chi connectivity index (χ0n) is 13.9. The van der Waals surface area contributed by atoms with Gasteiger partial charge in [-0.15, -0.1) is 24.0 Å². The Bertz CT molecular complexity index is 598. The van der Waals surface area contributed by atoms with E-state index in [9.17, 15) is 0 Å². The second-order valence-electron chi connectivity index (χ2n) is 5.30. The molecular weight excluding hydrogens is 419 g/mol. The summed E-state index contributed by atoms with van der Waals surface area (Å²) in [6, 6.07) is 8.21. The standard InChI is InChI=1S/C17H24N4S.HI/c1-4-18-17(19-10-13(2)15-8-9-22-12-15)20-11-16-7-5-6-14(3)21-16;/h5-9,12-13H,4,10-11H2,1-3H3,(H2,18,19,20);1H. The van der Waals surface area contributed by atoms with Crippen LogP contribution in [-0.4, -0.2) is 24.0 Å². The summed E-state index contributed by atoms with van der Waals surface area (Å²) >= 11 is 1.74. The lowest BCUT2D eigenvalue weighted by Gasteiger charge is -2.15. The number of nitrogens with zero attached hydrogens (tertiary/aromatic N) is 2. The van der Waals surface area contributed by atoms with Gasteiger partial charge in [0.1, 0.15) is 0 Å². The molecule has 6 heteroatoms. The highest BCUT2D eigenvalue weighted by molar-refractivity contribution is 14.0. The fraction of sp³-hybridized carbons (Fsp3) is 0.412. The Morgan fingerprint density at radius 1 is 1.30 bits per heavy atom. The lowest BCUT2D eigenvalue weighted by atomic mass is 10.1. The Balaban J connectivity index is 0.00000264. The van der Waals surface area contributed by atoms with Crippen LogP contribution >= 0.6 is 35.3 Å². The van der Waals surface area contributed by atoms with Gasteiger partial charge in [0.15, 0.2) is 5.96 Å². The summed E-state index contributed by atoms with van der Waals surface area (Å²) in [7, 11) is 0. The zero-order valence-corrected chi connectivity index (χ0v) is 17.0. The molecule has 2 rings (SSSR count). The summed E-state index contributed by atoms with van der Waals surface area (Å²) in [5.41, 5.74) is 3.38. The number of guanidine groups is 1. The van der Waals surface area contributed by atoms with Crippen molar-refractivity contribution >= 4 is 41.3 Å². The predicted molar refractivity (Wildman–Crippen MR) is 110 cm³/mol. The number of hydrogen-bond acceptors (Lipinski definition) is 3. The van der Waals surface area contributed by atoms with Gasteiger partial charge in [0.25, 0.3) is 0 Å². The van der Waals surface area contributed by atoms with E-state index in [1.165, 1.54) is 5.56 Å². The van der Waals surface area contributed by atoms with Crippen molar-refractivity contribution in [1.82, 2.24) is 15.6 Å². The number of halogens is 1. The molecule has 0 aliphatic carbocycles. The lowest BCUT2D eigenvalue weighted by molar-refractivity contribution is 0.701. The fourth-order valence-corrected chi connectivity index (χ4v) is 2.89. The summed E-state index contributed by atoms with van der Waals surface area (Å²) in [6.07, 6.45) is 0. The van der Waals surface area contributed by atoms with Gasteiger partial charge in [-0.3, -0.25) is 4.98 Å². The maximum absolute atomic E-state index is 4.61. The SMILES string of the molecule is CCNC(=NCc1cccc(C)n1)NCC(C)c1ccsc1.I. The number of nitrogens with one attached hydrogen (secondary N) is 2. The minimum atomic E-state index is 0. The Kier molecular flexibility index (Phi) is 9.16. The Morgan fingerprint density at radius 3 is 2.78 bits per heavy atom. The third-order valence-electron chi connectivity index (χ3n) is 3.38. The average Bonchev–Trinajstić information content (AvgIpc) is 3.04. The number of hydrogen-bond donors (Lipinski definition) is 2. The zero-order chi connectivity index (χ0) is 15.8. The van der Waals surface area contributed by atoms with E-state index in [4.69, 9.17) is 0 Å². The van der Waals surface area contributed by atoms with Crippen LogP contribution in [0.1, 0.15) is 36.7 Å². The molecule has 2 aromatic rings. The van der Waals surface area contributed by atoms with Crippen molar-refractivity contribution < 1.29 is 0 Å². The molecule has 4 nitrogen and oxygen atoms in total. The molecule has 2 aromatic heterocycles. The molecule has 1 unspecified atom stereocenters. The molecule has 0 aliphatic rings. The molecule has 0 aromatic carbocycles.